The Balaban J connectivity index is 1.83. The first-order valence-corrected chi connectivity index (χ1v) is 7.47. The van der Waals surface area contributed by atoms with Gasteiger partial charge in [-0.3, -0.25) is 5.10 Å². The highest BCUT2D eigenvalue weighted by Crippen LogP contribution is 2.28. The maximum Gasteiger partial charge on any atom is 0.226 e. The summed E-state index contributed by atoms with van der Waals surface area (Å²) in [5.41, 5.74) is 0.780. The molecule has 1 aliphatic carbocycles. The van der Waals surface area contributed by atoms with Crippen LogP contribution < -0.4 is 10.6 Å². The highest BCUT2D eigenvalue weighted by atomic mass is 15.2. The summed E-state index contributed by atoms with van der Waals surface area (Å²) in [6.45, 7) is 5.18. The van der Waals surface area contributed by atoms with Gasteiger partial charge in [0.25, 0.3) is 0 Å². The summed E-state index contributed by atoms with van der Waals surface area (Å²) in [4.78, 5) is 8.99. The van der Waals surface area contributed by atoms with Crippen molar-refractivity contribution in [3.63, 3.8) is 0 Å². The van der Waals surface area contributed by atoms with Crippen LogP contribution in [0.5, 0.6) is 0 Å². The van der Waals surface area contributed by atoms with Gasteiger partial charge in [-0.05, 0) is 38.5 Å². The molecule has 0 atom stereocenters. The molecular weight excluding hydrogens is 252 g/mol. The van der Waals surface area contributed by atoms with Crippen molar-refractivity contribution in [2.24, 2.45) is 5.92 Å². The maximum absolute atomic E-state index is 4.58. The third-order valence-electron chi connectivity index (χ3n) is 4.00. The van der Waals surface area contributed by atoms with E-state index in [0.717, 1.165) is 29.3 Å². The molecule has 3 rings (SSSR count). The van der Waals surface area contributed by atoms with Crippen LogP contribution in [0.3, 0.4) is 0 Å². The molecule has 0 unspecified atom stereocenters. The van der Waals surface area contributed by atoms with Gasteiger partial charge in [-0.2, -0.15) is 15.1 Å². The van der Waals surface area contributed by atoms with Crippen LogP contribution in [-0.4, -0.2) is 32.8 Å². The number of H-pyrrole nitrogens is 1. The van der Waals surface area contributed by atoms with Crippen molar-refractivity contribution in [2.45, 2.75) is 45.6 Å². The van der Waals surface area contributed by atoms with Crippen LogP contribution in [-0.2, 0) is 0 Å². The fourth-order valence-electron chi connectivity index (χ4n) is 2.78. The van der Waals surface area contributed by atoms with Gasteiger partial charge in [0.15, 0.2) is 5.65 Å². The van der Waals surface area contributed by atoms with E-state index in [2.05, 4.69) is 37.7 Å². The summed E-state index contributed by atoms with van der Waals surface area (Å²) in [5.74, 6) is 2.39. The van der Waals surface area contributed by atoms with E-state index in [1.807, 2.05) is 6.92 Å². The Morgan fingerprint density at radius 2 is 2.05 bits per heavy atom. The first-order chi connectivity index (χ1) is 9.76. The van der Waals surface area contributed by atoms with Crippen LogP contribution in [0, 0.1) is 5.92 Å². The fourth-order valence-corrected chi connectivity index (χ4v) is 2.78. The first kappa shape index (κ1) is 13.1. The molecule has 0 aromatic carbocycles. The maximum atomic E-state index is 4.58. The van der Waals surface area contributed by atoms with Crippen LogP contribution in [0.25, 0.3) is 11.0 Å². The summed E-state index contributed by atoms with van der Waals surface area (Å²) in [7, 11) is 0. The Kier molecular flexibility index (Phi) is 3.71. The smallest absolute Gasteiger partial charge is 0.226 e. The summed E-state index contributed by atoms with van der Waals surface area (Å²) < 4.78 is 0. The van der Waals surface area contributed by atoms with Crippen LogP contribution in [0.15, 0.2) is 6.20 Å². The van der Waals surface area contributed by atoms with Gasteiger partial charge in [-0.1, -0.05) is 6.92 Å². The molecule has 20 heavy (non-hydrogen) atoms. The van der Waals surface area contributed by atoms with Crippen molar-refractivity contribution in [1.82, 2.24) is 20.2 Å². The molecule has 2 aromatic rings. The lowest BCUT2D eigenvalue weighted by Gasteiger charge is -2.27. The number of hydrogen-bond donors (Lipinski definition) is 3. The van der Waals surface area contributed by atoms with Crippen LogP contribution in [0.2, 0.25) is 0 Å². The largest absolute Gasteiger partial charge is 0.367 e. The lowest BCUT2D eigenvalue weighted by Crippen LogP contribution is -2.26. The van der Waals surface area contributed by atoms with Gasteiger partial charge in [0.05, 0.1) is 11.6 Å². The molecule has 2 heterocycles. The van der Waals surface area contributed by atoms with E-state index in [-0.39, 0.29) is 0 Å². The minimum atomic E-state index is 0.508. The average molecular weight is 274 g/mol. The number of fused-ring (bicyclic) bond motifs is 1. The van der Waals surface area contributed by atoms with E-state index in [1.165, 1.54) is 25.7 Å². The molecule has 3 N–H and O–H groups in total. The second-order valence-electron chi connectivity index (χ2n) is 5.66. The number of hydrogen-bond acceptors (Lipinski definition) is 5. The molecule has 1 aliphatic rings. The Bertz CT molecular complexity index is 570. The molecule has 6 heteroatoms. The van der Waals surface area contributed by atoms with Gasteiger partial charge >= 0.3 is 0 Å². The zero-order chi connectivity index (χ0) is 13.9. The molecule has 1 fully saturated rings. The molecule has 0 radical (unpaired) electrons. The van der Waals surface area contributed by atoms with Crippen LogP contribution in [0.4, 0.5) is 11.8 Å². The van der Waals surface area contributed by atoms with E-state index < -0.39 is 0 Å². The van der Waals surface area contributed by atoms with E-state index in [9.17, 15) is 0 Å². The van der Waals surface area contributed by atoms with Gasteiger partial charge < -0.3 is 10.6 Å². The quantitative estimate of drug-likeness (QED) is 0.799. The molecule has 0 aliphatic heterocycles. The predicted molar refractivity (Wildman–Crippen MR) is 80.9 cm³/mol. The molecule has 2 aromatic heterocycles. The highest BCUT2D eigenvalue weighted by Gasteiger charge is 2.20. The molecular formula is C14H22N6. The van der Waals surface area contributed by atoms with E-state index >= 15 is 0 Å². The average Bonchev–Trinajstić information content (AvgIpc) is 2.90. The van der Waals surface area contributed by atoms with Crippen molar-refractivity contribution in [3.05, 3.63) is 6.20 Å². The van der Waals surface area contributed by atoms with Crippen molar-refractivity contribution >= 4 is 22.8 Å². The third-order valence-corrected chi connectivity index (χ3v) is 4.00. The Morgan fingerprint density at radius 3 is 2.80 bits per heavy atom. The number of nitrogens with zero attached hydrogens (tertiary/aromatic N) is 3. The number of nitrogens with one attached hydrogen (secondary N) is 3. The zero-order valence-corrected chi connectivity index (χ0v) is 12.1. The molecule has 0 spiro atoms. The zero-order valence-electron chi connectivity index (χ0n) is 12.1. The number of rotatable bonds is 4. The number of aromatic nitrogens is 4. The van der Waals surface area contributed by atoms with E-state index in [1.54, 1.807) is 6.20 Å². The van der Waals surface area contributed by atoms with Gasteiger partial charge in [0.2, 0.25) is 5.95 Å². The lowest BCUT2D eigenvalue weighted by atomic mass is 9.87. The summed E-state index contributed by atoms with van der Waals surface area (Å²) in [6, 6.07) is 0.508. The highest BCUT2D eigenvalue weighted by molar-refractivity contribution is 5.87. The molecule has 6 nitrogen and oxygen atoms in total. The molecule has 0 amide bonds. The van der Waals surface area contributed by atoms with E-state index in [4.69, 9.17) is 0 Å². The molecule has 1 saturated carbocycles. The van der Waals surface area contributed by atoms with E-state index in [0.29, 0.717) is 12.0 Å². The first-order valence-electron chi connectivity index (χ1n) is 7.47. The molecule has 108 valence electrons. The molecule has 0 bridgehead atoms. The number of aromatic amines is 1. The van der Waals surface area contributed by atoms with Crippen molar-refractivity contribution < 1.29 is 0 Å². The monoisotopic (exact) mass is 274 g/mol. The van der Waals surface area contributed by atoms with Crippen molar-refractivity contribution in [2.75, 3.05) is 17.2 Å². The second-order valence-corrected chi connectivity index (χ2v) is 5.66. The summed E-state index contributed by atoms with van der Waals surface area (Å²) >= 11 is 0. The van der Waals surface area contributed by atoms with Gasteiger partial charge in [-0.15, -0.1) is 0 Å². The van der Waals surface area contributed by atoms with Gasteiger partial charge in [-0.25, -0.2) is 0 Å². The topological polar surface area (TPSA) is 78.5 Å². The summed E-state index contributed by atoms with van der Waals surface area (Å²) in [6.07, 6.45) is 6.79. The van der Waals surface area contributed by atoms with Crippen molar-refractivity contribution in [1.29, 1.82) is 0 Å². The standard InChI is InChI=1S/C14H22N6/c1-3-15-14-18-12(11-8-16-20-13(11)19-14)17-10-6-4-9(2)5-7-10/h8-10H,3-7H2,1-2H3,(H3,15,16,17,18,19,20). The van der Waals surface area contributed by atoms with Crippen LogP contribution >= 0.6 is 0 Å². The van der Waals surface area contributed by atoms with Gasteiger partial charge in [0.1, 0.15) is 5.82 Å². The Labute approximate surface area is 118 Å². The Hall–Kier alpha value is -1.85. The minimum absolute atomic E-state index is 0.508. The number of anilines is 2. The predicted octanol–water partition coefficient (Wildman–Crippen LogP) is 2.78. The summed E-state index contributed by atoms with van der Waals surface area (Å²) in [5, 5.41) is 14.7. The SMILES string of the molecule is CCNc1nc(NC2CCC(C)CC2)c2cn[nH]c2n1. The molecule has 0 saturated heterocycles. The van der Waals surface area contributed by atoms with Gasteiger partial charge in [0, 0.05) is 12.6 Å². The van der Waals surface area contributed by atoms with Crippen LogP contribution in [0.1, 0.15) is 39.5 Å². The third kappa shape index (κ3) is 2.69. The Morgan fingerprint density at radius 1 is 1.25 bits per heavy atom. The lowest BCUT2D eigenvalue weighted by molar-refractivity contribution is 0.361. The second kappa shape index (κ2) is 5.64. The fraction of sp³-hybridized carbons (Fsp3) is 0.643. The van der Waals surface area contributed by atoms with Crippen molar-refractivity contribution in [3.8, 4) is 0 Å². The minimum Gasteiger partial charge on any atom is -0.367 e. The normalized spacial score (nSPS) is 22.9.